The van der Waals surface area contributed by atoms with Gasteiger partial charge in [-0.25, -0.2) is 0 Å². The van der Waals surface area contributed by atoms with Gasteiger partial charge in [-0.15, -0.1) is 0 Å². The van der Waals surface area contributed by atoms with E-state index in [2.05, 4.69) is 5.32 Å². The number of nitrogens with one attached hydrogen (secondary N) is 2. The van der Waals surface area contributed by atoms with Crippen LogP contribution in [0.25, 0.3) is 0 Å². The Morgan fingerprint density at radius 1 is 1.33 bits per heavy atom. The molecular weight excluding hydrogens is 196 g/mol. The third kappa shape index (κ3) is 4.07. The van der Waals surface area contributed by atoms with Crippen LogP contribution in [0.4, 0.5) is 0 Å². The first-order chi connectivity index (χ1) is 7.24. The molecule has 5 heteroatoms. The van der Waals surface area contributed by atoms with Crippen LogP contribution < -0.4 is 10.8 Å². The molecule has 0 amide bonds. The predicted molar refractivity (Wildman–Crippen MR) is 54.5 cm³/mol. The topological polar surface area (TPSA) is 81.6 Å². The van der Waals surface area contributed by atoms with Crippen LogP contribution in [0.15, 0.2) is 30.3 Å². The van der Waals surface area contributed by atoms with Gasteiger partial charge in [0, 0.05) is 0 Å². The molecule has 0 spiro atoms. The Kier molecular flexibility index (Phi) is 4.76. The summed E-state index contributed by atoms with van der Waals surface area (Å²) in [4.78, 5) is 10.8. The zero-order valence-electron chi connectivity index (χ0n) is 8.18. The van der Waals surface area contributed by atoms with E-state index < -0.39 is 12.0 Å². The first-order valence-corrected chi connectivity index (χ1v) is 4.61. The highest BCUT2D eigenvalue weighted by molar-refractivity contribution is 5.73. The minimum absolute atomic E-state index is 0.0454. The molecule has 0 radical (unpaired) electrons. The summed E-state index contributed by atoms with van der Waals surface area (Å²) in [6, 6.07) is 8.62. The van der Waals surface area contributed by atoms with Gasteiger partial charge >= 0.3 is 5.97 Å². The standard InChI is InChI=1S/C10H14N2O3/c13-10(14)9(11-7-12-15)6-8-4-2-1-3-5-8/h1-5,9,11-12,15H,6-7H2,(H,13,14)/t9-/m1/s1. The highest BCUT2D eigenvalue weighted by Gasteiger charge is 2.16. The van der Waals surface area contributed by atoms with Crippen molar-refractivity contribution in [2.45, 2.75) is 12.5 Å². The zero-order chi connectivity index (χ0) is 11.1. The van der Waals surface area contributed by atoms with Gasteiger partial charge in [0.25, 0.3) is 0 Å². The molecule has 0 saturated heterocycles. The summed E-state index contributed by atoms with van der Waals surface area (Å²) in [7, 11) is 0. The molecule has 1 aromatic rings. The van der Waals surface area contributed by atoms with Crippen LogP contribution in [0.2, 0.25) is 0 Å². The van der Waals surface area contributed by atoms with Crippen molar-refractivity contribution in [2.75, 3.05) is 6.67 Å². The van der Waals surface area contributed by atoms with Crippen molar-refractivity contribution in [3.8, 4) is 0 Å². The van der Waals surface area contributed by atoms with Gasteiger partial charge in [-0.2, -0.15) is 5.48 Å². The second kappa shape index (κ2) is 6.13. The SMILES string of the molecule is O=C(O)[C@@H](Cc1ccccc1)NCNO. The van der Waals surface area contributed by atoms with E-state index in [1.165, 1.54) is 0 Å². The number of benzene rings is 1. The lowest BCUT2D eigenvalue weighted by molar-refractivity contribution is -0.139. The molecule has 0 unspecified atom stereocenters. The molecule has 0 aromatic heterocycles. The fraction of sp³-hybridized carbons (Fsp3) is 0.300. The Morgan fingerprint density at radius 2 is 2.00 bits per heavy atom. The Labute approximate surface area is 87.7 Å². The van der Waals surface area contributed by atoms with Gasteiger partial charge in [0.1, 0.15) is 6.04 Å². The van der Waals surface area contributed by atoms with E-state index in [1.54, 1.807) is 0 Å². The van der Waals surface area contributed by atoms with Gasteiger partial charge in [0.15, 0.2) is 0 Å². The average molecular weight is 210 g/mol. The largest absolute Gasteiger partial charge is 0.480 e. The number of hydrogen-bond acceptors (Lipinski definition) is 4. The lowest BCUT2D eigenvalue weighted by Crippen LogP contribution is -2.42. The number of aliphatic carboxylic acids is 1. The molecule has 0 heterocycles. The van der Waals surface area contributed by atoms with Crippen LogP contribution in [0.1, 0.15) is 5.56 Å². The van der Waals surface area contributed by atoms with E-state index in [0.717, 1.165) is 5.56 Å². The van der Waals surface area contributed by atoms with Gasteiger partial charge in [-0.1, -0.05) is 30.3 Å². The molecule has 1 atom stereocenters. The van der Waals surface area contributed by atoms with Gasteiger partial charge < -0.3 is 10.3 Å². The number of carboxylic acid groups (broad SMARTS) is 1. The van der Waals surface area contributed by atoms with E-state index in [9.17, 15) is 4.79 Å². The van der Waals surface area contributed by atoms with Gasteiger partial charge in [0.2, 0.25) is 0 Å². The fourth-order valence-electron chi connectivity index (χ4n) is 1.27. The predicted octanol–water partition coefficient (Wildman–Crippen LogP) is 0.208. The zero-order valence-corrected chi connectivity index (χ0v) is 8.18. The number of hydrogen-bond donors (Lipinski definition) is 4. The lowest BCUT2D eigenvalue weighted by atomic mass is 10.1. The maximum atomic E-state index is 10.8. The Balaban J connectivity index is 2.55. The van der Waals surface area contributed by atoms with E-state index in [4.69, 9.17) is 10.3 Å². The second-order valence-corrected chi connectivity index (χ2v) is 3.12. The first-order valence-electron chi connectivity index (χ1n) is 4.61. The van der Waals surface area contributed by atoms with Crippen molar-refractivity contribution in [3.05, 3.63) is 35.9 Å². The molecule has 0 saturated carbocycles. The Morgan fingerprint density at radius 3 is 2.53 bits per heavy atom. The van der Waals surface area contributed by atoms with Crippen molar-refractivity contribution in [1.29, 1.82) is 0 Å². The summed E-state index contributed by atoms with van der Waals surface area (Å²) in [6.45, 7) is 0.0454. The van der Waals surface area contributed by atoms with Crippen LogP contribution in [0.5, 0.6) is 0 Å². The van der Waals surface area contributed by atoms with E-state index in [-0.39, 0.29) is 6.67 Å². The van der Waals surface area contributed by atoms with Crippen molar-refractivity contribution in [2.24, 2.45) is 0 Å². The number of rotatable bonds is 6. The van der Waals surface area contributed by atoms with Crippen LogP contribution in [-0.4, -0.2) is 29.0 Å². The Bertz CT molecular complexity index is 303. The maximum absolute atomic E-state index is 10.8. The fourth-order valence-corrected chi connectivity index (χ4v) is 1.27. The minimum atomic E-state index is -0.936. The molecule has 4 N–H and O–H groups in total. The minimum Gasteiger partial charge on any atom is -0.480 e. The molecule has 5 nitrogen and oxygen atoms in total. The summed E-state index contributed by atoms with van der Waals surface area (Å²) in [5.41, 5.74) is 2.80. The molecule has 1 rings (SSSR count). The third-order valence-electron chi connectivity index (χ3n) is 2.01. The molecule has 0 fully saturated rings. The molecule has 0 aliphatic carbocycles. The molecule has 82 valence electrons. The normalized spacial score (nSPS) is 12.3. The van der Waals surface area contributed by atoms with Gasteiger partial charge in [-0.05, 0) is 12.0 Å². The molecule has 0 aliphatic heterocycles. The van der Waals surface area contributed by atoms with Gasteiger partial charge in [0.05, 0.1) is 6.67 Å². The summed E-state index contributed by atoms with van der Waals surface area (Å²) in [5, 5.41) is 19.9. The van der Waals surface area contributed by atoms with Crippen LogP contribution in [-0.2, 0) is 11.2 Å². The van der Waals surface area contributed by atoms with E-state index in [0.29, 0.717) is 6.42 Å². The van der Waals surface area contributed by atoms with Crippen molar-refractivity contribution in [3.63, 3.8) is 0 Å². The van der Waals surface area contributed by atoms with Crippen molar-refractivity contribution >= 4 is 5.97 Å². The van der Waals surface area contributed by atoms with Crippen LogP contribution in [0, 0.1) is 0 Å². The molecule has 1 aromatic carbocycles. The smallest absolute Gasteiger partial charge is 0.321 e. The van der Waals surface area contributed by atoms with Crippen molar-refractivity contribution in [1.82, 2.24) is 10.8 Å². The second-order valence-electron chi connectivity index (χ2n) is 3.12. The monoisotopic (exact) mass is 210 g/mol. The number of hydroxylamine groups is 1. The summed E-state index contributed by atoms with van der Waals surface area (Å²) in [6.07, 6.45) is 0.387. The average Bonchev–Trinajstić information content (AvgIpc) is 2.25. The molecule has 0 bridgehead atoms. The van der Waals surface area contributed by atoms with E-state index in [1.807, 2.05) is 35.8 Å². The summed E-state index contributed by atoms with van der Waals surface area (Å²) in [5.74, 6) is -0.936. The number of carbonyl (C=O) groups is 1. The van der Waals surface area contributed by atoms with Crippen molar-refractivity contribution < 1.29 is 15.1 Å². The highest BCUT2D eigenvalue weighted by atomic mass is 16.5. The number of carboxylic acids is 1. The maximum Gasteiger partial charge on any atom is 0.321 e. The molecule has 15 heavy (non-hydrogen) atoms. The quantitative estimate of drug-likeness (QED) is 0.398. The third-order valence-corrected chi connectivity index (χ3v) is 2.01. The molecular formula is C10H14N2O3. The summed E-state index contributed by atoms with van der Waals surface area (Å²) < 4.78 is 0. The van der Waals surface area contributed by atoms with Crippen LogP contribution in [0.3, 0.4) is 0 Å². The van der Waals surface area contributed by atoms with Gasteiger partial charge in [-0.3, -0.25) is 10.1 Å². The lowest BCUT2D eigenvalue weighted by Gasteiger charge is -2.13. The molecule has 0 aliphatic rings. The Hall–Kier alpha value is -1.43. The van der Waals surface area contributed by atoms with E-state index >= 15 is 0 Å². The highest BCUT2D eigenvalue weighted by Crippen LogP contribution is 2.02. The van der Waals surface area contributed by atoms with Crippen LogP contribution >= 0.6 is 0 Å². The summed E-state index contributed by atoms with van der Waals surface area (Å²) >= 11 is 0. The first kappa shape index (κ1) is 11.6.